The zero-order valence-corrected chi connectivity index (χ0v) is 9.15. The molecule has 0 N–H and O–H groups in total. The van der Waals surface area contributed by atoms with Crippen LogP contribution in [0.5, 0.6) is 0 Å². The second kappa shape index (κ2) is 4.96. The highest BCUT2D eigenvalue weighted by Gasteiger charge is 2.21. The Morgan fingerprint density at radius 2 is 2.13 bits per heavy atom. The van der Waals surface area contributed by atoms with Gasteiger partial charge in [-0.3, -0.25) is 0 Å². The Balaban J connectivity index is 1.90. The van der Waals surface area contributed by atoms with Crippen molar-refractivity contribution >= 4 is 5.71 Å². The Morgan fingerprint density at radius 3 is 2.87 bits per heavy atom. The van der Waals surface area contributed by atoms with Crippen LogP contribution in [-0.2, 0) is 4.84 Å². The molecule has 0 fully saturated rings. The number of hydrogen-bond donors (Lipinski definition) is 0. The van der Waals surface area contributed by atoms with Crippen LogP contribution < -0.4 is 0 Å². The predicted molar refractivity (Wildman–Crippen MR) is 61.8 cm³/mol. The summed E-state index contributed by atoms with van der Waals surface area (Å²) < 4.78 is 0. The van der Waals surface area contributed by atoms with E-state index < -0.39 is 0 Å². The van der Waals surface area contributed by atoms with Crippen LogP contribution in [0, 0.1) is 0 Å². The lowest BCUT2D eigenvalue weighted by Crippen LogP contribution is -1.99. The zero-order chi connectivity index (χ0) is 10.5. The van der Waals surface area contributed by atoms with Gasteiger partial charge in [0.15, 0.2) is 6.10 Å². The first-order chi connectivity index (χ1) is 7.40. The number of unbranched alkanes of at least 4 members (excludes halogenated alkanes) is 1. The molecule has 0 aliphatic carbocycles. The van der Waals surface area contributed by atoms with E-state index in [1.807, 2.05) is 18.2 Å². The fourth-order valence-corrected chi connectivity index (χ4v) is 1.80. The summed E-state index contributed by atoms with van der Waals surface area (Å²) in [6.45, 7) is 2.20. The number of oxime groups is 1. The molecule has 2 nitrogen and oxygen atoms in total. The summed E-state index contributed by atoms with van der Waals surface area (Å²) in [5.74, 6) is 0. The molecule has 80 valence electrons. The van der Waals surface area contributed by atoms with E-state index in [1.54, 1.807) is 0 Å². The van der Waals surface area contributed by atoms with Crippen molar-refractivity contribution in [1.82, 2.24) is 0 Å². The van der Waals surface area contributed by atoms with E-state index in [9.17, 15) is 0 Å². The van der Waals surface area contributed by atoms with Gasteiger partial charge in [-0.1, -0.05) is 48.8 Å². The van der Waals surface area contributed by atoms with Crippen molar-refractivity contribution in [2.24, 2.45) is 5.16 Å². The summed E-state index contributed by atoms with van der Waals surface area (Å²) in [6.07, 6.45) is 4.63. The van der Waals surface area contributed by atoms with E-state index in [0.29, 0.717) is 0 Å². The van der Waals surface area contributed by atoms with E-state index in [4.69, 9.17) is 4.84 Å². The van der Waals surface area contributed by atoms with Gasteiger partial charge >= 0.3 is 0 Å². The van der Waals surface area contributed by atoms with Gasteiger partial charge in [0, 0.05) is 6.42 Å². The van der Waals surface area contributed by atoms with Gasteiger partial charge < -0.3 is 4.84 Å². The number of rotatable bonds is 4. The van der Waals surface area contributed by atoms with Crippen LogP contribution in [0.3, 0.4) is 0 Å². The molecular weight excluding hydrogens is 186 g/mol. The first kappa shape index (κ1) is 10.2. The molecule has 2 rings (SSSR count). The Bertz CT molecular complexity index is 332. The van der Waals surface area contributed by atoms with Crippen LogP contribution in [0.2, 0.25) is 0 Å². The summed E-state index contributed by atoms with van der Waals surface area (Å²) in [4.78, 5) is 5.44. The first-order valence-electron chi connectivity index (χ1n) is 5.66. The van der Waals surface area contributed by atoms with Gasteiger partial charge in [0.2, 0.25) is 0 Å². The van der Waals surface area contributed by atoms with Crippen LogP contribution in [0.4, 0.5) is 0 Å². The molecule has 1 unspecified atom stereocenters. The van der Waals surface area contributed by atoms with Crippen molar-refractivity contribution in [2.45, 2.75) is 38.7 Å². The Kier molecular flexibility index (Phi) is 3.38. The van der Waals surface area contributed by atoms with Crippen molar-refractivity contribution < 1.29 is 4.84 Å². The lowest BCUT2D eigenvalue weighted by Gasteiger charge is -2.07. The van der Waals surface area contributed by atoms with Crippen molar-refractivity contribution in [3.63, 3.8) is 0 Å². The third kappa shape index (κ3) is 2.58. The molecular formula is C13H17NO. The van der Waals surface area contributed by atoms with E-state index in [0.717, 1.165) is 12.8 Å². The quantitative estimate of drug-likeness (QED) is 0.731. The monoisotopic (exact) mass is 203 g/mol. The Labute approximate surface area is 90.9 Å². The molecule has 0 radical (unpaired) electrons. The van der Waals surface area contributed by atoms with E-state index in [-0.39, 0.29) is 6.10 Å². The predicted octanol–water partition coefficient (Wildman–Crippen LogP) is 3.69. The number of benzene rings is 1. The Hall–Kier alpha value is -1.31. The van der Waals surface area contributed by atoms with Gasteiger partial charge in [-0.15, -0.1) is 0 Å². The van der Waals surface area contributed by atoms with Gasteiger partial charge in [0.05, 0.1) is 5.71 Å². The van der Waals surface area contributed by atoms with Crippen LogP contribution in [-0.4, -0.2) is 5.71 Å². The maximum Gasteiger partial charge on any atom is 0.157 e. The van der Waals surface area contributed by atoms with Gasteiger partial charge in [0.1, 0.15) is 0 Å². The standard InChI is InChI=1S/C13H17NO/c1-2-3-9-12-10-13(15-14-12)11-7-5-4-6-8-11/h4-8,13H,2-3,9-10H2,1H3. The SMILES string of the molecule is CCCCC1=NOC(c2ccccc2)C1. The molecule has 1 aromatic rings. The molecule has 0 amide bonds. The molecule has 1 aliphatic rings. The fourth-order valence-electron chi connectivity index (χ4n) is 1.80. The molecule has 1 heterocycles. The lowest BCUT2D eigenvalue weighted by atomic mass is 10.0. The van der Waals surface area contributed by atoms with Crippen molar-refractivity contribution in [3.05, 3.63) is 35.9 Å². The maximum absolute atomic E-state index is 5.44. The molecule has 0 spiro atoms. The smallest absolute Gasteiger partial charge is 0.157 e. The summed E-state index contributed by atoms with van der Waals surface area (Å²) in [7, 11) is 0. The van der Waals surface area contributed by atoms with E-state index in [1.165, 1.54) is 24.1 Å². The first-order valence-corrected chi connectivity index (χ1v) is 5.66. The largest absolute Gasteiger partial charge is 0.387 e. The lowest BCUT2D eigenvalue weighted by molar-refractivity contribution is 0.0857. The average Bonchev–Trinajstić information content (AvgIpc) is 2.76. The Morgan fingerprint density at radius 1 is 1.33 bits per heavy atom. The molecule has 0 bridgehead atoms. The van der Waals surface area contributed by atoms with Crippen molar-refractivity contribution in [1.29, 1.82) is 0 Å². The molecule has 1 aromatic carbocycles. The van der Waals surface area contributed by atoms with Gasteiger partial charge in [0.25, 0.3) is 0 Å². The summed E-state index contributed by atoms with van der Waals surface area (Å²) >= 11 is 0. The topological polar surface area (TPSA) is 21.6 Å². The minimum Gasteiger partial charge on any atom is -0.387 e. The summed E-state index contributed by atoms with van der Waals surface area (Å²) in [5.41, 5.74) is 2.44. The minimum absolute atomic E-state index is 0.151. The van der Waals surface area contributed by atoms with E-state index >= 15 is 0 Å². The maximum atomic E-state index is 5.44. The molecule has 1 atom stereocenters. The van der Waals surface area contributed by atoms with Crippen LogP contribution in [0.1, 0.15) is 44.3 Å². The molecule has 2 heteroatoms. The average molecular weight is 203 g/mol. The third-order valence-corrected chi connectivity index (χ3v) is 2.72. The highest BCUT2D eigenvalue weighted by Crippen LogP contribution is 2.28. The van der Waals surface area contributed by atoms with Crippen molar-refractivity contribution in [3.8, 4) is 0 Å². The fraction of sp³-hybridized carbons (Fsp3) is 0.462. The number of hydrogen-bond acceptors (Lipinski definition) is 2. The molecule has 0 aromatic heterocycles. The second-order valence-electron chi connectivity index (χ2n) is 3.97. The van der Waals surface area contributed by atoms with Gasteiger partial charge in [-0.2, -0.15) is 0 Å². The second-order valence-corrected chi connectivity index (χ2v) is 3.97. The molecule has 0 saturated heterocycles. The molecule has 15 heavy (non-hydrogen) atoms. The van der Waals surface area contributed by atoms with Crippen LogP contribution in [0.25, 0.3) is 0 Å². The minimum atomic E-state index is 0.151. The zero-order valence-electron chi connectivity index (χ0n) is 9.15. The third-order valence-electron chi connectivity index (χ3n) is 2.72. The summed E-state index contributed by atoms with van der Waals surface area (Å²) in [6, 6.07) is 10.3. The van der Waals surface area contributed by atoms with Gasteiger partial charge in [-0.05, 0) is 18.4 Å². The molecule has 1 aliphatic heterocycles. The van der Waals surface area contributed by atoms with Crippen LogP contribution in [0.15, 0.2) is 35.5 Å². The number of nitrogens with zero attached hydrogens (tertiary/aromatic N) is 1. The van der Waals surface area contributed by atoms with Gasteiger partial charge in [-0.25, -0.2) is 0 Å². The highest BCUT2D eigenvalue weighted by molar-refractivity contribution is 5.85. The van der Waals surface area contributed by atoms with E-state index in [2.05, 4.69) is 24.2 Å². The molecule has 0 saturated carbocycles. The summed E-state index contributed by atoms with van der Waals surface area (Å²) in [5, 5.41) is 4.15. The normalized spacial score (nSPS) is 19.8. The van der Waals surface area contributed by atoms with Crippen molar-refractivity contribution in [2.75, 3.05) is 0 Å². The van der Waals surface area contributed by atoms with Crippen LogP contribution >= 0.6 is 0 Å². The highest BCUT2D eigenvalue weighted by atomic mass is 16.6.